The topological polar surface area (TPSA) is 66.9 Å². The summed E-state index contributed by atoms with van der Waals surface area (Å²) >= 11 is 2.85. The van der Waals surface area contributed by atoms with Crippen molar-refractivity contribution in [2.45, 2.75) is 6.92 Å². The third-order valence-corrected chi connectivity index (χ3v) is 5.22. The number of rotatable bonds is 4. The first kappa shape index (κ1) is 15.7. The maximum atomic E-state index is 12.4. The van der Waals surface area contributed by atoms with E-state index in [4.69, 9.17) is 0 Å². The van der Waals surface area contributed by atoms with Gasteiger partial charge in [0.25, 0.3) is 5.91 Å². The van der Waals surface area contributed by atoms with E-state index in [1.807, 2.05) is 49.4 Å². The summed E-state index contributed by atoms with van der Waals surface area (Å²) in [5.41, 5.74) is 3.37. The Kier molecular flexibility index (Phi) is 4.17. The summed E-state index contributed by atoms with van der Waals surface area (Å²) in [7, 11) is 0. The molecule has 0 atom stereocenters. The molecule has 4 aromatic rings. The summed E-state index contributed by atoms with van der Waals surface area (Å²) in [6, 6.07) is 15.8. The number of anilines is 3. The number of hydrogen-bond acceptors (Lipinski definition) is 6. The minimum absolute atomic E-state index is 0.256. The lowest BCUT2D eigenvalue weighted by Gasteiger charge is -2.01. The second kappa shape index (κ2) is 6.62. The van der Waals surface area contributed by atoms with Crippen LogP contribution in [0.2, 0.25) is 0 Å². The Hall–Kier alpha value is -2.77. The number of aromatic nitrogens is 2. The van der Waals surface area contributed by atoms with Gasteiger partial charge in [0.05, 0.1) is 10.2 Å². The number of amides is 1. The van der Waals surface area contributed by atoms with Crippen LogP contribution in [-0.2, 0) is 0 Å². The molecule has 0 unspecified atom stereocenters. The molecule has 7 heteroatoms. The van der Waals surface area contributed by atoms with Gasteiger partial charge in [0.1, 0.15) is 5.69 Å². The first-order valence-electron chi connectivity index (χ1n) is 7.63. The lowest BCUT2D eigenvalue weighted by molar-refractivity contribution is 0.102. The molecule has 0 fully saturated rings. The molecule has 0 radical (unpaired) electrons. The zero-order valence-electron chi connectivity index (χ0n) is 13.3. The van der Waals surface area contributed by atoms with Crippen LogP contribution in [0.4, 0.5) is 16.0 Å². The zero-order valence-corrected chi connectivity index (χ0v) is 14.9. The van der Waals surface area contributed by atoms with Crippen LogP contribution in [0.3, 0.4) is 0 Å². The molecule has 4 rings (SSSR count). The predicted molar refractivity (Wildman–Crippen MR) is 104 cm³/mol. The van der Waals surface area contributed by atoms with Crippen LogP contribution in [0.5, 0.6) is 0 Å². The molecule has 2 N–H and O–H groups in total. The quantitative estimate of drug-likeness (QED) is 0.530. The van der Waals surface area contributed by atoms with Gasteiger partial charge in [-0.1, -0.05) is 35.6 Å². The Bertz CT molecular complexity index is 1040. The van der Waals surface area contributed by atoms with Gasteiger partial charge in [-0.25, -0.2) is 9.97 Å². The van der Waals surface area contributed by atoms with Crippen LogP contribution < -0.4 is 10.6 Å². The summed E-state index contributed by atoms with van der Waals surface area (Å²) in [6.07, 6.45) is 0. The Labute approximate surface area is 152 Å². The van der Waals surface area contributed by atoms with Crippen molar-refractivity contribution >= 4 is 54.7 Å². The standard InChI is InChI=1S/C18H14N4OS2/c1-11-7-8-13-15(9-11)25-18(20-13)22-16(23)14-10-24-17(21-14)19-12-5-3-2-4-6-12/h2-10H,1H3,(H,19,21)(H,20,22,23). The number of para-hydroxylation sites is 1. The highest BCUT2D eigenvalue weighted by Gasteiger charge is 2.13. The highest BCUT2D eigenvalue weighted by molar-refractivity contribution is 7.22. The third-order valence-electron chi connectivity index (χ3n) is 3.53. The van der Waals surface area contributed by atoms with E-state index >= 15 is 0 Å². The highest BCUT2D eigenvalue weighted by atomic mass is 32.1. The molecular formula is C18H14N4OS2. The summed E-state index contributed by atoms with van der Waals surface area (Å²) in [6.45, 7) is 2.04. The minimum atomic E-state index is -0.256. The van der Waals surface area contributed by atoms with Crippen molar-refractivity contribution in [1.29, 1.82) is 0 Å². The molecule has 0 aliphatic carbocycles. The van der Waals surface area contributed by atoms with Gasteiger partial charge in [-0.3, -0.25) is 10.1 Å². The van der Waals surface area contributed by atoms with Crippen molar-refractivity contribution in [3.05, 3.63) is 65.2 Å². The van der Waals surface area contributed by atoms with Gasteiger partial charge in [0.2, 0.25) is 0 Å². The number of nitrogens with zero attached hydrogens (tertiary/aromatic N) is 2. The van der Waals surface area contributed by atoms with Crippen LogP contribution >= 0.6 is 22.7 Å². The molecule has 0 aliphatic rings. The summed E-state index contributed by atoms with van der Waals surface area (Å²) in [5.74, 6) is -0.256. The van der Waals surface area contributed by atoms with Crippen LogP contribution in [0.25, 0.3) is 10.2 Å². The fourth-order valence-corrected chi connectivity index (χ4v) is 4.00. The molecular weight excluding hydrogens is 352 g/mol. The van der Waals surface area contributed by atoms with E-state index in [1.54, 1.807) is 5.38 Å². The monoisotopic (exact) mass is 366 g/mol. The van der Waals surface area contributed by atoms with E-state index < -0.39 is 0 Å². The highest BCUT2D eigenvalue weighted by Crippen LogP contribution is 2.27. The summed E-state index contributed by atoms with van der Waals surface area (Å²) in [4.78, 5) is 21.2. The second-order valence-corrected chi connectivity index (χ2v) is 7.36. The van der Waals surface area contributed by atoms with Gasteiger partial charge < -0.3 is 5.32 Å². The summed E-state index contributed by atoms with van der Waals surface area (Å²) < 4.78 is 1.06. The van der Waals surface area contributed by atoms with Crippen LogP contribution in [-0.4, -0.2) is 15.9 Å². The van der Waals surface area contributed by atoms with E-state index in [-0.39, 0.29) is 5.91 Å². The van der Waals surface area contributed by atoms with Crippen molar-refractivity contribution in [2.24, 2.45) is 0 Å². The third kappa shape index (κ3) is 3.52. The minimum Gasteiger partial charge on any atom is -0.332 e. The largest absolute Gasteiger partial charge is 0.332 e. The number of nitrogens with one attached hydrogen (secondary N) is 2. The number of fused-ring (bicyclic) bond motifs is 1. The molecule has 0 bridgehead atoms. The van der Waals surface area contributed by atoms with E-state index in [0.29, 0.717) is 16.0 Å². The number of carbonyl (C=O) groups excluding carboxylic acids is 1. The molecule has 2 heterocycles. The van der Waals surface area contributed by atoms with Gasteiger partial charge in [0.15, 0.2) is 10.3 Å². The van der Waals surface area contributed by atoms with Gasteiger partial charge in [-0.05, 0) is 36.8 Å². The zero-order chi connectivity index (χ0) is 17.2. The first-order valence-corrected chi connectivity index (χ1v) is 9.33. The van der Waals surface area contributed by atoms with Gasteiger partial charge in [-0.15, -0.1) is 11.3 Å². The molecule has 5 nitrogen and oxygen atoms in total. The lowest BCUT2D eigenvalue weighted by Crippen LogP contribution is -2.12. The predicted octanol–water partition coefficient (Wildman–Crippen LogP) is 5.06. The number of thiazole rings is 2. The molecule has 0 saturated heterocycles. The fraction of sp³-hybridized carbons (Fsp3) is 0.0556. The SMILES string of the molecule is Cc1ccc2nc(NC(=O)c3csc(Nc4ccccc4)n3)sc2c1. The first-order chi connectivity index (χ1) is 12.2. The van der Waals surface area contributed by atoms with E-state index in [0.717, 1.165) is 15.9 Å². The Morgan fingerprint density at radius 1 is 1.04 bits per heavy atom. The Morgan fingerprint density at radius 2 is 1.88 bits per heavy atom. The van der Waals surface area contributed by atoms with E-state index in [9.17, 15) is 4.79 Å². The maximum absolute atomic E-state index is 12.4. The smallest absolute Gasteiger partial charge is 0.276 e. The van der Waals surface area contributed by atoms with Crippen molar-refractivity contribution in [1.82, 2.24) is 9.97 Å². The number of carbonyl (C=O) groups is 1. The van der Waals surface area contributed by atoms with Gasteiger partial charge in [0, 0.05) is 11.1 Å². The molecule has 124 valence electrons. The van der Waals surface area contributed by atoms with Crippen molar-refractivity contribution in [3.63, 3.8) is 0 Å². The number of aryl methyl sites for hydroxylation is 1. The number of benzene rings is 2. The van der Waals surface area contributed by atoms with Crippen LogP contribution in [0.15, 0.2) is 53.9 Å². The second-order valence-electron chi connectivity index (χ2n) is 5.47. The Morgan fingerprint density at radius 3 is 2.72 bits per heavy atom. The van der Waals surface area contributed by atoms with Crippen molar-refractivity contribution < 1.29 is 4.79 Å². The van der Waals surface area contributed by atoms with Gasteiger partial charge in [-0.2, -0.15) is 0 Å². The average Bonchev–Trinajstić information content (AvgIpc) is 3.22. The van der Waals surface area contributed by atoms with Crippen molar-refractivity contribution in [3.8, 4) is 0 Å². The van der Waals surface area contributed by atoms with Crippen molar-refractivity contribution in [2.75, 3.05) is 10.6 Å². The van der Waals surface area contributed by atoms with Crippen LogP contribution in [0.1, 0.15) is 16.1 Å². The molecule has 25 heavy (non-hydrogen) atoms. The molecule has 1 amide bonds. The molecule has 0 saturated carbocycles. The fourth-order valence-electron chi connectivity index (χ4n) is 2.33. The normalized spacial score (nSPS) is 10.8. The summed E-state index contributed by atoms with van der Waals surface area (Å²) in [5, 5.41) is 9.01. The molecule has 0 aliphatic heterocycles. The maximum Gasteiger partial charge on any atom is 0.276 e. The number of hydrogen-bond donors (Lipinski definition) is 2. The molecule has 2 aromatic carbocycles. The molecule has 2 aromatic heterocycles. The van der Waals surface area contributed by atoms with E-state index in [2.05, 4.69) is 26.7 Å². The van der Waals surface area contributed by atoms with Crippen LogP contribution in [0, 0.1) is 6.92 Å². The Balaban J connectivity index is 1.49. The van der Waals surface area contributed by atoms with E-state index in [1.165, 1.54) is 28.2 Å². The van der Waals surface area contributed by atoms with Gasteiger partial charge >= 0.3 is 0 Å². The average molecular weight is 366 g/mol. The lowest BCUT2D eigenvalue weighted by atomic mass is 10.2. The molecule has 0 spiro atoms.